The van der Waals surface area contributed by atoms with E-state index in [1.54, 1.807) is 0 Å². The van der Waals surface area contributed by atoms with Crippen molar-refractivity contribution in [3.05, 3.63) is 18.2 Å². The SMILES string of the molecule is COc1ccc([B-](F)(F)F)cc1N.[K+]. The van der Waals surface area contributed by atoms with Gasteiger partial charge in [0.2, 0.25) is 0 Å². The van der Waals surface area contributed by atoms with E-state index in [0.29, 0.717) is 0 Å². The second-order valence-corrected chi connectivity index (χ2v) is 2.58. The number of hydrogen-bond donors (Lipinski definition) is 1. The summed E-state index contributed by atoms with van der Waals surface area (Å²) in [5.41, 5.74) is 4.60. The summed E-state index contributed by atoms with van der Waals surface area (Å²) in [6, 6.07) is 3.04. The number of rotatable bonds is 2. The van der Waals surface area contributed by atoms with Gasteiger partial charge in [0.05, 0.1) is 12.8 Å². The van der Waals surface area contributed by atoms with Gasteiger partial charge in [-0.15, -0.1) is 5.46 Å². The first kappa shape index (κ1) is 14.3. The summed E-state index contributed by atoms with van der Waals surface area (Å²) in [5.74, 6) is 0.254. The molecule has 1 aromatic carbocycles. The average Bonchev–Trinajstić information content (AvgIpc) is 2.02. The van der Waals surface area contributed by atoms with Crippen molar-refractivity contribution >= 4 is 18.1 Å². The van der Waals surface area contributed by atoms with Crippen LogP contribution in [0.4, 0.5) is 18.6 Å². The van der Waals surface area contributed by atoms with E-state index in [9.17, 15) is 12.9 Å². The van der Waals surface area contributed by atoms with Crippen LogP contribution in [0, 0.1) is 0 Å². The molecular formula is C7H8BF3KNO. The fraction of sp³-hybridized carbons (Fsp3) is 0.143. The zero-order valence-corrected chi connectivity index (χ0v) is 11.1. The summed E-state index contributed by atoms with van der Waals surface area (Å²) in [5, 5.41) is 0. The van der Waals surface area contributed by atoms with Crippen LogP contribution in [0.1, 0.15) is 0 Å². The van der Waals surface area contributed by atoms with Crippen molar-refractivity contribution in [3.63, 3.8) is 0 Å². The first-order valence-corrected chi connectivity index (χ1v) is 3.58. The molecule has 0 spiro atoms. The quantitative estimate of drug-likeness (QED) is 0.486. The first-order chi connectivity index (χ1) is 5.95. The average molecular weight is 229 g/mol. The van der Waals surface area contributed by atoms with Gasteiger partial charge < -0.3 is 23.4 Å². The van der Waals surface area contributed by atoms with Crippen LogP contribution in [0.15, 0.2) is 18.2 Å². The Bertz CT molecular complexity index is 318. The van der Waals surface area contributed by atoms with Crippen LogP contribution in [0.3, 0.4) is 0 Å². The van der Waals surface area contributed by atoms with E-state index in [0.717, 1.165) is 12.1 Å². The summed E-state index contributed by atoms with van der Waals surface area (Å²) < 4.78 is 41.2. The Hall–Kier alpha value is 0.311. The van der Waals surface area contributed by atoms with E-state index < -0.39 is 12.4 Å². The number of methoxy groups -OCH3 is 1. The predicted molar refractivity (Wildman–Crippen MR) is 46.1 cm³/mol. The first-order valence-electron chi connectivity index (χ1n) is 3.58. The molecule has 0 aliphatic heterocycles. The predicted octanol–water partition coefficient (Wildman–Crippen LogP) is -1.66. The monoisotopic (exact) mass is 229 g/mol. The van der Waals surface area contributed by atoms with Crippen LogP contribution in [0.25, 0.3) is 0 Å². The zero-order chi connectivity index (χ0) is 10.1. The van der Waals surface area contributed by atoms with Gasteiger partial charge in [0.1, 0.15) is 5.75 Å². The van der Waals surface area contributed by atoms with Crippen molar-refractivity contribution in [2.45, 2.75) is 0 Å². The van der Waals surface area contributed by atoms with Crippen LogP contribution >= 0.6 is 0 Å². The number of hydrogen-bond acceptors (Lipinski definition) is 2. The van der Waals surface area contributed by atoms with Crippen LogP contribution in [0.2, 0.25) is 0 Å². The molecule has 1 aromatic rings. The molecule has 0 saturated carbocycles. The number of benzene rings is 1. The molecule has 0 aliphatic rings. The number of nitrogen functional groups attached to an aromatic ring is 1. The Morgan fingerprint density at radius 1 is 1.29 bits per heavy atom. The Morgan fingerprint density at radius 2 is 1.86 bits per heavy atom. The summed E-state index contributed by atoms with van der Waals surface area (Å²) in [7, 11) is 1.35. The minimum absolute atomic E-state index is 0. The summed E-state index contributed by atoms with van der Waals surface area (Å²) in [6.45, 7) is -4.98. The molecule has 72 valence electrons. The standard InChI is InChI=1S/C7H8BF3NO.K/c1-13-7-3-2-5(4-6(7)12)8(9,10)11;/h2-4H,12H2,1H3;/q-1;+1. The normalized spacial score (nSPS) is 10.6. The maximum Gasteiger partial charge on any atom is 1.00 e. The van der Waals surface area contributed by atoms with Crippen molar-refractivity contribution in [3.8, 4) is 5.75 Å². The molecule has 2 nitrogen and oxygen atoms in total. The maximum atomic E-state index is 12.2. The van der Waals surface area contributed by atoms with Gasteiger partial charge in [-0.25, -0.2) is 0 Å². The molecule has 0 heterocycles. The summed E-state index contributed by atoms with van der Waals surface area (Å²) in [4.78, 5) is 0. The Morgan fingerprint density at radius 3 is 2.21 bits per heavy atom. The van der Waals surface area contributed by atoms with E-state index in [1.807, 2.05) is 0 Å². The molecular weight excluding hydrogens is 221 g/mol. The van der Waals surface area contributed by atoms with Crippen molar-refractivity contribution in [1.82, 2.24) is 0 Å². The third-order valence-electron chi connectivity index (χ3n) is 1.63. The van der Waals surface area contributed by atoms with Gasteiger partial charge in [0.15, 0.2) is 0 Å². The van der Waals surface area contributed by atoms with E-state index in [1.165, 1.54) is 13.2 Å². The number of nitrogens with two attached hydrogens (primary N) is 1. The van der Waals surface area contributed by atoms with Gasteiger partial charge in [-0.05, 0) is 6.07 Å². The fourth-order valence-corrected chi connectivity index (χ4v) is 0.956. The number of halogens is 3. The number of ether oxygens (including phenoxy) is 1. The van der Waals surface area contributed by atoms with Crippen LogP contribution in [-0.4, -0.2) is 14.1 Å². The van der Waals surface area contributed by atoms with Crippen molar-refractivity contribution in [1.29, 1.82) is 0 Å². The minimum atomic E-state index is -4.98. The molecule has 0 saturated heterocycles. The fourth-order valence-electron chi connectivity index (χ4n) is 0.956. The smallest absolute Gasteiger partial charge is 0.495 e. The molecule has 0 atom stereocenters. The van der Waals surface area contributed by atoms with Gasteiger partial charge in [-0.3, -0.25) is 0 Å². The van der Waals surface area contributed by atoms with Gasteiger partial charge in [0, 0.05) is 0 Å². The maximum absolute atomic E-state index is 12.2. The van der Waals surface area contributed by atoms with Crippen LogP contribution in [0.5, 0.6) is 5.75 Å². The molecule has 0 unspecified atom stereocenters. The Balaban J connectivity index is 0.00000169. The van der Waals surface area contributed by atoms with Crippen LogP contribution in [-0.2, 0) is 0 Å². The second kappa shape index (κ2) is 5.41. The van der Waals surface area contributed by atoms with Crippen LogP contribution < -0.4 is 67.3 Å². The largest absolute Gasteiger partial charge is 1.00 e. The topological polar surface area (TPSA) is 35.2 Å². The molecule has 0 amide bonds. The van der Waals surface area contributed by atoms with Gasteiger partial charge in [-0.1, -0.05) is 12.1 Å². The van der Waals surface area contributed by atoms with Crippen molar-refractivity contribution < 1.29 is 69.1 Å². The van der Waals surface area contributed by atoms with Gasteiger partial charge in [0.25, 0.3) is 0 Å². The minimum Gasteiger partial charge on any atom is -0.495 e. The van der Waals surface area contributed by atoms with Crippen molar-refractivity contribution in [2.24, 2.45) is 0 Å². The molecule has 0 fully saturated rings. The molecule has 0 aliphatic carbocycles. The molecule has 1 rings (SSSR count). The Labute approximate surface area is 122 Å². The van der Waals surface area contributed by atoms with E-state index in [4.69, 9.17) is 10.5 Å². The summed E-state index contributed by atoms with van der Waals surface area (Å²) >= 11 is 0. The number of anilines is 1. The van der Waals surface area contributed by atoms with E-state index in [-0.39, 0.29) is 62.8 Å². The van der Waals surface area contributed by atoms with Crippen molar-refractivity contribution in [2.75, 3.05) is 12.8 Å². The Kier molecular flexibility index (Phi) is 5.53. The second-order valence-electron chi connectivity index (χ2n) is 2.58. The molecule has 0 bridgehead atoms. The molecule has 7 heteroatoms. The van der Waals surface area contributed by atoms with Gasteiger partial charge in [-0.2, -0.15) is 0 Å². The third-order valence-corrected chi connectivity index (χ3v) is 1.63. The zero-order valence-electron chi connectivity index (χ0n) is 7.93. The molecule has 2 N–H and O–H groups in total. The van der Waals surface area contributed by atoms with Gasteiger partial charge >= 0.3 is 58.4 Å². The van der Waals surface area contributed by atoms with E-state index >= 15 is 0 Å². The summed E-state index contributed by atoms with van der Waals surface area (Å²) in [6.07, 6.45) is 0. The molecule has 14 heavy (non-hydrogen) atoms. The third kappa shape index (κ3) is 3.47. The molecule has 0 radical (unpaired) electrons. The molecule has 0 aromatic heterocycles. The van der Waals surface area contributed by atoms with E-state index in [2.05, 4.69) is 0 Å².